The minimum Gasteiger partial charge on any atom is -0.351 e. The fourth-order valence-electron chi connectivity index (χ4n) is 2.28. The van der Waals surface area contributed by atoms with Crippen LogP contribution < -0.4 is 10.9 Å². The Morgan fingerprint density at radius 2 is 2.14 bits per heavy atom. The maximum Gasteiger partial charge on any atom is 0.296 e. The first-order valence-electron chi connectivity index (χ1n) is 6.98. The Labute approximate surface area is 124 Å². The summed E-state index contributed by atoms with van der Waals surface area (Å²) in [7, 11) is 0. The highest BCUT2D eigenvalue weighted by Crippen LogP contribution is 2.39. The number of aromatic amines is 1. The average Bonchev–Trinajstić information content (AvgIpc) is 3.24. The highest BCUT2D eigenvalue weighted by molar-refractivity contribution is 6.01. The quantitative estimate of drug-likeness (QED) is 0.770. The van der Waals surface area contributed by atoms with Gasteiger partial charge in [-0.15, -0.1) is 0 Å². The molecule has 1 fully saturated rings. The van der Waals surface area contributed by atoms with Crippen LogP contribution in [0.5, 0.6) is 0 Å². The molecule has 7 heteroatoms. The number of fused-ring (bicyclic) bond motifs is 1. The number of nitrogens with zero attached hydrogens (tertiary/aromatic N) is 2. The largest absolute Gasteiger partial charge is 0.351 e. The third kappa shape index (κ3) is 2.26. The third-order valence-corrected chi connectivity index (χ3v) is 3.59. The number of anilines is 1. The molecule has 1 amide bonds. The van der Waals surface area contributed by atoms with Gasteiger partial charge in [-0.2, -0.15) is 0 Å². The zero-order valence-corrected chi connectivity index (χ0v) is 11.5. The van der Waals surface area contributed by atoms with Crippen LogP contribution in [-0.2, 0) is 0 Å². The zero-order chi connectivity index (χ0) is 15.1. The molecule has 7 nitrogen and oxygen atoms in total. The minimum absolute atomic E-state index is 0.0815. The van der Waals surface area contributed by atoms with E-state index in [0.29, 0.717) is 16.8 Å². The van der Waals surface area contributed by atoms with E-state index >= 15 is 0 Å². The minimum atomic E-state index is -0.488. The van der Waals surface area contributed by atoms with E-state index in [1.54, 1.807) is 30.3 Å². The van der Waals surface area contributed by atoms with Crippen LogP contribution in [0, 0.1) is 0 Å². The predicted octanol–water partition coefficient (Wildman–Crippen LogP) is 2.04. The van der Waals surface area contributed by atoms with Crippen molar-refractivity contribution in [2.24, 2.45) is 0 Å². The second-order valence-electron chi connectivity index (χ2n) is 5.28. The predicted molar refractivity (Wildman–Crippen MR) is 78.8 cm³/mol. The Morgan fingerprint density at radius 3 is 2.95 bits per heavy atom. The van der Waals surface area contributed by atoms with Crippen molar-refractivity contribution in [1.82, 2.24) is 15.1 Å². The van der Waals surface area contributed by atoms with E-state index in [0.717, 1.165) is 18.5 Å². The lowest BCUT2D eigenvalue weighted by Gasteiger charge is -2.03. The van der Waals surface area contributed by atoms with Gasteiger partial charge in [0.05, 0.1) is 16.6 Å². The number of benzene rings is 1. The van der Waals surface area contributed by atoms with Crippen LogP contribution in [0.4, 0.5) is 5.95 Å². The second kappa shape index (κ2) is 4.80. The molecule has 0 aliphatic heterocycles. The average molecular weight is 296 g/mol. The highest BCUT2D eigenvalue weighted by Gasteiger charge is 2.28. The van der Waals surface area contributed by atoms with Crippen LogP contribution in [0.1, 0.15) is 35.0 Å². The summed E-state index contributed by atoms with van der Waals surface area (Å²) >= 11 is 0. The molecule has 1 aliphatic carbocycles. The Morgan fingerprint density at radius 1 is 1.32 bits per heavy atom. The molecular weight excluding hydrogens is 284 g/mol. The summed E-state index contributed by atoms with van der Waals surface area (Å²) in [6.45, 7) is 0. The summed E-state index contributed by atoms with van der Waals surface area (Å²) in [4.78, 5) is 30.8. The maximum absolute atomic E-state index is 12.1. The Bertz CT molecular complexity index is 924. The van der Waals surface area contributed by atoms with Crippen LogP contribution in [-0.4, -0.2) is 21.0 Å². The summed E-state index contributed by atoms with van der Waals surface area (Å²) < 4.78 is 5.04. The number of hydrogen-bond donors (Lipinski definition) is 2. The molecule has 0 spiro atoms. The molecule has 4 rings (SSSR count). The number of aromatic nitrogens is 3. The van der Waals surface area contributed by atoms with Gasteiger partial charge in [0.1, 0.15) is 0 Å². The number of nitrogens with one attached hydrogen (secondary N) is 2. The monoisotopic (exact) mass is 296 g/mol. The van der Waals surface area contributed by atoms with Gasteiger partial charge >= 0.3 is 0 Å². The van der Waals surface area contributed by atoms with Crippen LogP contribution in [0.2, 0.25) is 0 Å². The van der Waals surface area contributed by atoms with Gasteiger partial charge in [-0.25, -0.2) is 4.98 Å². The Kier molecular flexibility index (Phi) is 2.78. The maximum atomic E-state index is 12.1. The van der Waals surface area contributed by atoms with Crippen LogP contribution in [0.15, 0.2) is 39.6 Å². The molecule has 0 radical (unpaired) electrons. The third-order valence-electron chi connectivity index (χ3n) is 3.59. The normalized spacial score (nSPS) is 14.2. The lowest BCUT2D eigenvalue weighted by atomic mass is 10.2. The van der Waals surface area contributed by atoms with E-state index in [2.05, 4.69) is 20.4 Å². The number of H-pyrrole nitrogens is 1. The molecule has 1 saturated carbocycles. The van der Waals surface area contributed by atoms with Crippen molar-refractivity contribution < 1.29 is 9.32 Å². The fourth-order valence-corrected chi connectivity index (χ4v) is 2.28. The highest BCUT2D eigenvalue weighted by atomic mass is 16.5. The number of rotatable bonds is 3. The van der Waals surface area contributed by atoms with Crippen molar-refractivity contribution in [2.75, 3.05) is 5.32 Å². The number of carbonyl (C=O) groups excluding carboxylic acids is 1. The number of hydrogen-bond acceptors (Lipinski definition) is 5. The Balaban J connectivity index is 1.61. The van der Waals surface area contributed by atoms with E-state index in [1.165, 1.54) is 0 Å². The van der Waals surface area contributed by atoms with Crippen LogP contribution in [0.25, 0.3) is 10.9 Å². The van der Waals surface area contributed by atoms with Gasteiger partial charge in [0.25, 0.3) is 11.5 Å². The molecule has 2 aromatic heterocycles. The Hall–Kier alpha value is -2.96. The first-order chi connectivity index (χ1) is 10.7. The van der Waals surface area contributed by atoms with Crippen molar-refractivity contribution in [1.29, 1.82) is 0 Å². The van der Waals surface area contributed by atoms with Gasteiger partial charge in [-0.1, -0.05) is 17.3 Å². The van der Waals surface area contributed by atoms with Gasteiger partial charge in [-0.3, -0.25) is 19.9 Å². The lowest BCUT2D eigenvalue weighted by Crippen LogP contribution is -2.18. The molecule has 2 N–H and O–H groups in total. The summed E-state index contributed by atoms with van der Waals surface area (Å²) in [6, 6.07) is 8.54. The van der Waals surface area contributed by atoms with Crippen molar-refractivity contribution in [3.8, 4) is 0 Å². The van der Waals surface area contributed by atoms with E-state index in [9.17, 15) is 9.59 Å². The SMILES string of the molecule is O=C(Nc1nc2ccccc2c(=O)[nH]1)c1cc(C2CC2)no1. The molecule has 22 heavy (non-hydrogen) atoms. The van der Waals surface area contributed by atoms with E-state index < -0.39 is 5.91 Å². The first-order valence-corrected chi connectivity index (χ1v) is 6.98. The number of carbonyl (C=O) groups is 1. The number of para-hydroxylation sites is 1. The van der Waals surface area contributed by atoms with Crippen molar-refractivity contribution in [3.63, 3.8) is 0 Å². The summed E-state index contributed by atoms with van der Waals surface area (Å²) in [5.74, 6) is 0.109. The molecule has 110 valence electrons. The van der Waals surface area contributed by atoms with Crippen molar-refractivity contribution >= 4 is 22.8 Å². The summed E-state index contributed by atoms with van der Waals surface area (Å²) in [5.41, 5.74) is 1.00. The van der Waals surface area contributed by atoms with Gasteiger partial charge < -0.3 is 4.52 Å². The molecule has 1 aromatic carbocycles. The standard InChI is InChI=1S/C15H12N4O3/c20-13-9-3-1-2-4-10(9)16-15(17-13)18-14(21)12-7-11(19-22-12)8-5-6-8/h1-4,7-8H,5-6H2,(H2,16,17,18,20,21). The van der Waals surface area contributed by atoms with Gasteiger partial charge in [0.15, 0.2) is 0 Å². The van der Waals surface area contributed by atoms with E-state index in [4.69, 9.17) is 4.52 Å². The lowest BCUT2D eigenvalue weighted by molar-refractivity contribution is 0.0987. The topological polar surface area (TPSA) is 101 Å². The second-order valence-corrected chi connectivity index (χ2v) is 5.28. The number of amides is 1. The first kappa shape index (κ1) is 12.8. The molecular formula is C15H12N4O3. The molecule has 0 unspecified atom stereocenters. The van der Waals surface area contributed by atoms with Crippen molar-refractivity contribution in [3.05, 3.63) is 52.1 Å². The van der Waals surface area contributed by atoms with E-state index in [1.807, 2.05) is 0 Å². The van der Waals surface area contributed by atoms with Gasteiger partial charge in [0, 0.05) is 12.0 Å². The molecule has 2 heterocycles. The molecule has 1 aliphatic rings. The molecule has 3 aromatic rings. The molecule has 0 saturated heterocycles. The zero-order valence-electron chi connectivity index (χ0n) is 11.5. The van der Waals surface area contributed by atoms with Crippen molar-refractivity contribution in [2.45, 2.75) is 18.8 Å². The summed E-state index contributed by atoms with van der Waals surface area (Å²) in [6.07, 6.45) is 2.15. The van der Waals surface area contributed by atoms with Gasteiger partial charge in [0.2, 0.25) is 11.7 Å². The van der Waals surface area contributed by atoms with Crippen LogP contribution in [0.3, 0.4) is 0 Å². The van der Waals surface area contributed by atoms with E-state index in [-0.39, 0.29) is 17.3 Å². The molecule has 0 atom stereocenters. The smallest absolute Gasteiger partial charge is 0.296 e. The molecule has 0 bridgehead atoms. The van der Waals surface area contributed by atoms with Gasteiger partial charge in [-0.05, 0) is 25.0 Å². The summed E-state index contributed by atoms with van der Waals surface area (Å²) in [5, 5.41) is 6.87. The van der Waals surface area contributed by atoms with Crippen LogP contribution >= 0.6 is 0 Å². The fraction of sp³-hybridized carbons (Fsp3) is 0.200.